The van der Waals surface area contributed by atoms with Crippen LogP contribution in [0.4, 0.5) is 0 Å². The summed E-state index contributed by atoms with van der Waals surface area (Å²) >= 11 is 0. The number of nitrogens with one attached hydrogen (secondary N) is 1. The standard InChI is InChI=1S/C25H34N2O3/c1-6-20(5)26-25(29)23(7-2)27(16-21-11-9-8-10-12-21)24(28)17-30-22-14-13-18(3)19(4)15-22/h8-15,20,23H,6-7,16-17H2,1-5H3,(H,26,29)/t20-,23-/m1/s1. The van der Waals surface area contributed by atoms with Gasteiger partial charge in [0.25, 0.3) is 5.91 Å². The maximum absolute atomic E-state index is 13.2. The number of nitrogens with zero attached hydrogens (tertiary/aromatic N) is 1. The minimum Gasteiger partial charge on any atom is -0.484 e. The van der Waals surface area contributed by atoms with Crippen molar-refractivity contribution >= 4 is 11.8 Å². The minimum absolute atomic E-state index is 0.0620. The van der Waals surface area contributed by atoms with Crippen LogP contribution in [0.5, 0.6) is 5.75 Å². The molecule has 0 fully saturated rings. The molecule has 0 aliphatic heterocycles. The number of hydrogen-bond acceptors (Lipinski definition) is 3. The Bertz CT molecular complexity index is 836. The molecule has 2 amide bonds. The van der Waals surface area contributed by atoms with Crippen LogP contribution in [-0.4, -0.2) is 35.4 Å². The van der Waals surface area contributed by atoms with E-state index < -0.39 is 6.04 Å². The molecule has 2 atom stereocenters. The number of ether oxygens (including phenoxy) is 1. The maximum atomic E-state index is 13.2. The molecule has 0 unspecified atom stereocenters. The van der Waals surface area contributed by atoms with Crippen molar-refractivity contribution in [1.82, 2.24) is 10.2 Å². The third kappa shape index (κ3) is 6.61. The van der Waals surface area contributed by atoms with Crippen LogP contribution in [0.2, 0.25) is 0 Å². The molecular formula is C25H34N2O3. The summed E-state index contributed by atoms with van der Waals surface area (Å²) in [4.78, 5) is 27.7. The van der Waals surface area contributed by atoms with Crippen LogP contribution in [0.25, 0.3) is 0 Å². The first-order valence-electron chi connectivity index (χ1n) is 10.7. The SMILES string of the molecule is CC[C@@H](C)NC(=O)[C@@H](CC)N(Cc1ccccc1)C(=O)COc1ccc(C)c(C)c1. The summed E-state index contributed by atoms with van der Waals surface area (Å²) in [6.45, 7) is 10.2. The van der Waals surface area contributed by atoms with Crippen LogP contribution in [-0.2, 0) is 16.1 Å². The van der Waals surface area contributed by atoms with Crippen LogP contribution in [0.3, 0.4) is 0 Å². The van der Waals surface area contributed by atoms with Gasteiger partial charge in [-0.15, -0.1) is 0 Å². The van der Waals surface area contributed by atoms with Crippen molar-refractivity contribution in [1.29, 1.82) is 0 Å². The van der Waals surface area contributed by atoms with Gasteiger partial charge in [-0.2, -0.15) is 0 Å². The molecule has 0 aliphatic carbocycles. The number of benzene rings is 2. The molecule has 0 spiro atoms. The molecule has 2 aromatic rings. The van der Waals surface area contributed by atoms with Crippen molar-refractivity contribution in [3.05, 3.63) is 65.2 Å². The molecule has 0 bridgehead atoms. The summed E-state index contributed by atoms with van der Waals surface area (Å²) in [5, 5.41) is 3.02. The Morgan fingerprint density at radius 1 is 1.00 bits per heavy atom. The van der Waals surface area contributed by atoms with Crippen LogP contribution in [0.15, 0.2) is 48.5 Å². The Morgan fingerprint density at radius 3 is 2.30 bits per heavy atom. The molecule has 0 radical (unpaired) electrons. The summed E-state index contributed by atoms with van der Waals surface area (Å²) in [5.74, 6) is 0.328. The van der Waals surface area contributed by atoms with E-state index in [1.54, 1.807) is 4.90 Å². The van der Waals surface area contributed by atoms with Gasteiger partial charge in [-0.25, -0.2) is 0 Å². The number of carbonyl (C=O) groups excluding carboxylic acids is 2. The lowest BCUT2D eigenvalue weighted by molar-refractivity contribution is -0.143. The van der Waals surface area contributed by atoms with E-state index in [4.69, 9.17) is 4.74 Å². The average Bonchev–Trinajstić information content (AvgIpc) is 2.74. The van der Waals surface area contributed by atoms with Gasteiger partial charge in [0.15, 0.2) is 6.61 Å². The average molecular weight is 411 g/mol. The molecule has 0 heterocycles. The fraction of sp³-hybridized carbons (Fsp3) is 0.440. The fourth-order valence-corrected chi connectivity index (χ4v) is 3.17. The number of carbonyl (C=O) groups is 2. The molecule has 162 valence electrons. The van der Waals surface area contributed by atoms with Gasteiger partial charge in [-0.1, -0.05) is 50.2 Å². The van der Waals surface area contributed by atoms with E-state index in [2.05, 4.69) is 5.32 Å². The molecule has 0 aliphatic rings. The first-order chi connectivity index (χ1) is 14.3. The largest absolute Gasteiger partial charge is 0.484 e. The van der Waals surface area contributed by atoms with Crippen LogP contribution in [0, 0.1) is 13.8 Å². The second-order valence-electron chi connectivity index (χ2n) is 7.78. The first-order valence-corrected chi connectivity index (χ1v) is 10.7. The Kier molecular flexibility index (Phi) is 8.90. The van der Waals surface area contributed by atoms with Gasteiger partial charge >= 0.3 is 0 Å². The van der Waals surface area contributed by atoms with Crippen molar-refractivity contribution in [2.45, 2.75) is 66.1 Å². The number of rotatable bonds is 10. The quantitative estimate of drug-likeness (QED) is 0.631. The van der Waals surface area contributed by atoms with Gasteiger partial charge in [0.1, 0.15) is 11.8 Å². The lowest BCUT2D eigenvalue weighted by Gasteiger charge is -2.31. The molecule has 1 N–H and O–H groups in total. The lowest BCUT2D eigenvalue weighted by atomic mass is 10.1. The predicted molar refractivity (Wildman–Crippen MR) is 120 cm³/mol. The molecule has 0 saturated heterocycles. The zero-order chi connectivity index (χ0) is 22.1. The number of aryl methyl sites for hydroxylation is 2. The molecule has 0 saturated carbocycles. The van der Waals surface area contributed by atoms with Crippen molar-refractivity contribution in [2.75, 3.05) is 6.61 Å². The van der Waals surface area contributed by atoms with Crippen molar-refractivity contribution in [3.8, 4) is 5.75 Å². The fourth-order valence-electron chi connectivity index (χ4n) is 3.17. The van der Waals surface area contributed by atoms with Gasteiger partial charge in [-0.05, 0) is 62.4 Å². The number of hydrogen-bond donors (Lipinski definition) is 1. The lowest BCUT2D eigenvalue weighted by Crippen LogP contribution is -2.51. The molecule has 5 heteroatoms. The smallest absolute Gasteiger partial charge is 0.261 e. The van der Waals surface area contributed by atoms with Crippen LogP contribution in [0.1, 0.15) is 50.3 Å². The molecule has 5 nitrogen and oxygen atoms in total. The zero-order valence-electron chi connectivity index (χ0n) is 18.8. The van der Waals surface area contributed by atoms with Gasteiger partial charge < -0.3 is 15.0 Å². The van der Waals surface area contributed by atoms with Gasteiger partial charge in [0.05, 0.1) is 0 Å². The number of amides is 2. The Labute approximate surface area is 180 Å². The highest BCUT2D eigenvalue weighted by Gasteiger charge is 2.29. The van der Waals surface area contributed by atoms with E-state index in [1.807, 2.05) is 83.1 Å². The maximum Gasteiger partial charge on any atom is 0.261 e. The normalized spacial score (nSPS) is 12.7. The second kappa shape index (κ2) is 11.4. The third-order valence-electron chi connectivity index (χ3n) is 5.42. The van der Waals surface area contributed by atoms with E-state index in [0.29, 0.717) is 18.7 Å². The van der Waals surface area contributed by atoms with Crippen molar-refractivity contribution in [2.24, 2.45) is 0 Å². The summed E-state index contributed by atoms with van der Waals surface area (Å²) < 4.78 is 5.78. The van der Waals surface area contributed by atoms with E-state index in [9.17, 15) is 9.59 Å². The summed E-state index contributed by atoms with van der Waals surface area (Å²) in [7, 11) is 0. The van der Waals surface area contributed by atoms with Crippen LogP contribution >= 0.6 is 0 Å². The van der Waals surface area contributed by atoms with E-state index in [0.717, 1.165) is 17.5 Å². The van der Waals surface area contributed by atoms with Gasteiger partial charge in [0, 0.05) is 12.6 Å². The molecule has 30 heavy (non-hydrogen) atoms. The molecule has 2 aromatic carbocycles. The molecule has 0 aromatic heterocycles. The summed E-state index contributed by atoms with van der Waals surface area (Å²) in [5.41, 5.74) is 3.26. The third-order valence-corrected chi connectivity index (χ3v) is 5.42. The van der Waals surface area contributed by atoms with E-state index in [1.165, 1.54) is 5.56 Å². The topological polar surface area (TPSA) is 58.6 Å². The predicted octanol–water partition coefficient (Wildman–Crippen LogP) is 4.40. The monoisotopic (exact) mass is 410 g/mol. The van der Waals surface area contributed by atoms with Crippen molar-refractivity contribution < 1.29 is 14.3 Å². The van der Waals surface area contributed by atoms with Gasteiger partial charge in [-0.3, -0.25) is 9.59 Å². The summed E-state index contributed by atoms with van der Waals surface area (Å²) in [6, 6.07) is 15.0. The zero-order valence-corrected chi connectivity index (χ0v) is 18.8. The van der Waals surface area contributed by atoms with E-state index >= 15 is 0 Å². The minimum atomic E-state index is -0.546. The molecule has 2 rings (SSSR count). The second-order valence-corrected chi connectivity index (χ2v) is 7.78. The first kappa shape index (κ1) is 23.5. The Morgan fingerprint density at radius 2 is 1.70 bits per heavy atom. The van der Waals surface area contributed by atoms with E-state index in [-0.39, 0.29) is 24.5 Å². The highest BCUT2D eigenvalue weighted by molar-refractivity contribution is 5.88. The Hall–Kier alpha value is -2.82. The van der Waals surface area contributed by atoms with Crippen molar-refractivity contribution in [3.63, 3.8) is 0 Å². The van der Waals surface area contributed by atoms with Crippen LogP contribution < -0.4 is 10.1 Å². The van der Waals surface area contributed by atoms with Gasteiger partial charge in [0.2, 0.25) is 5.91 Å². The highest BCUT2D eigenvalue weighted by atomic mass is 16.5. The molecular weight excluding hydrogens is 376 g/mol. The summed E-state index contributed by atoms with van der Waals surface area (Å²) in [6.07, 6.45) is 1.37. The Balaban J connectivity index is 2.18. The highest BCUT2D eigenvalue weighted by Crippen LogP contribution is 2.18.